The fourth-order valence-corrected chi connectivity index (χ4v) is 3.07. The summed E-state index contributed by atoms with van der Waals surface area (Å²) in [6.45, 7) is 1.35. The summed E-state index contributed by atoms with van der Waals surface area (Å²) in [5.41, 5.74) is 2.28. The summed E-state index contributed by atoms with van der Waals surface area (Å²) >= 11 is 12.0. The second-order valence-corrected chi connectivity index (χ2v) is 6.52. The number of urea groups is 1. The van der Waals surface area contributed by atoms with E-state index in [2.05, 4.69) is 10.6 Å². The Morgan fingerprint density at radius 1 is 1.15 bits per heavy atom. The number of nitrogens with one attached hydrogen (secondary N) is 2. The molecule has 0 radical (unpaired) electrons. The lowest BCUT2D eigenvalue weighted by Gasteiger charge is -2.13. The van der Waals surface area contributed by atoms with E-state index < -0.39 is 0 Å². The van der Waals surface area contributed by atoms with Gasteiger partial charge in [0.15, 0.2) is 0 Å². The zero-order valence-corrected chi connectivity index (χ0v) is 15.3. The fraction of sp³-hybridized carbons (Fsp3) is 0.222. The zero-order chi connectivity index (χ0) is 18.5. The fourth-order valence-electron chi connectivity index (χ4n) is 2.56. The van der Waals surface area contributed by atoms with Gasteiger partial charge in [0.05, 0.1) is 6.54 Å². The Morgan fingerprint density at radius 3 is 2.58 bits per heavy atom. The van der Waals surface area contributed by atoms with E-state index in [0.717, 1.165) is 11.3 Å². The van der Waals surface area contributed by atoms with E-state index in [4.69, 9.17) is 27.9 Å². The highest BCUT2D eigenvalue weighted by molar-refractivity contribution is 6.35. The van der Waals surface area contributed by atoms with Gasteiger partial charge in [0.1, 0.15) is 6.61 Å². The highest BCUT2D eigenvalue weighted by Gasteiger charge is 2.23. The van der Waals surface area contributed by atoms with Crippen LogP contribution in [0.25, 0.3) is 0 Å². The van der Waals surface area contributed by atoms with Crippen LogP contribution in [0, 0.1) is 0 Å². The van der Waals surface area contributed by atoms with E-state index in [-0.39, 0.29) is 12.1 Å². The first-order chi connectivity index (χ1) is 12.5. The van der Waals surface area contributed by atoms with Crippen molar-refractivity contribution in [2.75, 3.05) is 29.9 Å². The number of rotatable bonds is 5. The molecule has 26 heavy (non-hydrogen) atoms. The molecular weight excluding hydrogens is 377 g/mol. The number of nitrogens with zero attached hydrogens (tertiary/aromatic N) is 1. The first-order valence-corrected chi connectivity index (χ1v) is 8.81. The van der Waals surface area contributed by atoms with Crippen LogP contribution in [0.1, 0.15) is 5.56 Å². The molecule has 0 spiro atoms. The van der Waals surface area contributed by atoms with Crippen molar-refractivity contribution < 1.29 is 14.3 Å². The lowest BCUT2D eigenvalue weighted by molar-refractivity contribution is 0.181. The number of anilines is 2. The van der Waals surface area contributed by atoms with Crippen molar-refractivity contribution in [2.45, 2.75) is 6.42 Å². The summed E-state index contributed by atoms with van der Waals surface area (Å²) in [4.78, 5) is 25.0. The molecule has 1 aliphatic heterocycles. The normalized spacial score (nSPS) is 13.5. The molecule has 136 valence electrons. The molecule has 1 fully saturated rings. The average Bonchev–Trinajstić information content (AvgIpc) is 3.03. The SMILES string of the molecule is O=C(NCCc1ccc(Cl)cc1Cl)Nc1ccc(N2CCOC2=O)cc1. The van der Waals surface area contributed by atoms with Crippen LogP contribution in [0.15, 0.2) is 42.5 Å². The summed E-state index contributed by atoms with van der Waals surface area (Å²) < 4.78 is 4.90. The van der Waals surface area contributed by atoms with E-state index in [0.29, 0.717) is 41.8 Å². The molecular formula is C18H17Cl2N3O3. The summed E-state index contributed by atoms with van der Waals surface area (Å²) in [5.74, 6) is 0. The number of ether oxygens (including phenoxy) is 1. The largest absolute Gasteiger partial charge is 0.447 e. The minimum Gasteiger partial charge on any atom is -0.447 e. The Morgan fingerprint density at radius 2 is 1.92 bits per heavy atom. The molecule has 0 bridgehead atoms. The van der Waals surface area contributed by atoms with E-state index >= 15 is 0 Å². The number of hydrogen-bond donors (Lipinski definition) is 2. The standard InChI is InChI=1S/C18H17Cl2N3O3/c19-13-2-1-12(16(20)11-13)7-8-21-17(24)22-14-3-5-15(6-4-14)23-9-10-26-18(23)25/h1-6,11H,7-10H2,(H2,21,22,24). The minimum absolute atomic E-state index is 0.316. The monoisotopic (exact) mass is 393 g/mol. The highest BCUT2D eigenvalue weighted by Crippen LogP contribution is 2.22. The second-order valence-electron chi connectivity index (χ2n) is 5.68. The molecule has 2 aromatic rings. The van der Waals surface area contributed by atoms with Crippen molar-refractivity contribution in [3.63, 3.8) is 0 Å². The van der Waals surface area contributed by atoms with Gasteiger partial charge < -0.3 is 15.4 Å². The van der Waals surface area contributed by atoms with Crippen molar-refractivity contribution >= 4 is 46.7 Å². The van der Waals surface area contributed by atoms with E-state index in [1.54, 1.807) is 41.3 Å². The highest BCUT2D eigenvalue weighted by atomic mass is 35.5. The van der Waals surface area contributed by atoms with Crippen LogP contribution < -0.4 is 15.5 Å². The number of cyclic esters (lactones) is 1. The first-order valence-electron chi connectivity index (χ1n) is 8.06. The van der Waals surface area contributed by atoms with Gasteiger partial charge in [-0.05, 0) is 48.4 Å². The maximum Gasteiger partial charge on any atom is 0.414 e. The third-order valence-electron chi connectivity index (χ3n) is 3.89. The van der Waals surface area contributed by atoms with Crippen LogP contribution in [-0.2, 0) is 11.2 Å². The van der Waals surface area contributed by atoms with Crippen molar-refractivity contribution in [3.05, 3.63) is 58.1 Å². The molecule has 0 atom stereocenters. The van der Waals surface area contributed by atoms with E-state index in [9.17, 15) is 9.59 Å². The molecule has 8 heteroatoms. The van der Waals surface area contributed by atoms with Crippen LogP contribution in [0.4, 0.5) is 21.0 Å². The van der Waals surface area contributed by atoms with Crippen LogP contribution >= 0.6 is 23.2 Å². The van der Waals surface area contributed by atoms with Gasteiger partial charge in [-0.15, -0.1) is 0 Å². The van der Waals surface area contributed by atoms with Gasteiger partial charge in [-0.3, -0.25) is 4.90 Å². The molecule has 6 nitrogen and oxygen atoms in total. The first kappa shape index (κ1) is 18.4. The van der Waals surface area contributed by atoms with E-state index in [1.165, 1.54) is 0 Å². The number of carbonyl (C=O) groups excluding carboxylic acids is 2. The van der Waals surface area contributed by atoms with E-state index in [1.807, 2.05) is 6.07 Å². The summed E-state index contributed by atoms with van der Waals surface area (Å²) in [7, 11) is 0. The molecule has 1 heterocycles. The van der Waals surface area contributed by atoms with Gasteiger partial charge in [-0.1, -0.05) is 29.3 Å². The molecule has 1 aliphatic rings. The maximum absolute atomic E-state index is 12.0. The minimum atomic E-state index is -0.357. The molecule has 0 aromatic heterocycles. The van der Waals surface area contributed by atoms with Gasteiger partial charge in [0.25, 0.3) is 0 Å². The van der Waals surface area contributed by atoms with Gasteiger partial charge in [0, 0.05) is 28.0 Å². The number of amides is 3. The number of carbonyl (C=O) groups is 2. The van der Waals surface area contributed by atoms with Gasteiger partial charge in [0.2, 0.25) is 0 Å². The van der Waals surface area contributed by atoms with Gasteiger partial charge in [-0.25, -0.2) is 9.59 Å². The van der Waals surface area contributed by atoms with Crippen molar-refractivity contribution in [1.82, 2.24) is 5.32 Å². The van der Waals surface area contributed by atoms with Crippen LogP contribution in [-0.4, -0.2) is 31.8 Å². The quantitative estimate of drug-likeness (QED) is 0.794. The molecule has 0 unspecified atom stereocenters. The van der Waals surface area contributed by atoms with Crippen LogP contribution in [0.5, 0.6) is 0 Å². The molecule has 3 amide bonds. The smallest absolute Gasteiger partial charge is 0.414 e. The molecule has 1 saturated heterocycles. The Kier molecular flexibility index (Phi) is 5.85. The molecule has 0 aliphatic carbocycles. The molecule has 2 N–H and O–H groups in total. The molecule has 2 aromatic carbocycles. The van der Waals surface area contributed by atoms with Crippen LogP contribution in [0.2, 0.25) is 10.0 Å². The van der Waals surface area contributed by atoms with Crippen LogP contribution in [0.3, 0.4) is 0 Å². The Bertz CT molecular complexity index is 812. The predicted molar refractivity (Wildman–Crippen MR) is 102 cm³/mol. The summed E-state index contributed by atoms with van der Waals surface area (Å²) in [6.07, 6.45) is 0.240. The van der Waals surface area contributed by atoms with Gasteiger partial charge in [-0.2, -0.15) is 0 Å². The van der Waals surface area contributed by atoms with Gasteiger partial charge >= 0.3 is 12.1 Å². The summed E-state index contributed by atoms with van der Waals surface area (Å²) in [6, 6.07) is 11.9. The number of halogens is 2. The van der Waals surface area contributed by atoms with Crippen molar-refractivity contribution in [3.8, 4) is 0 Å². The Balaban J connectivity index is 1.48. The lowest BCUT2D eigenvalue weighted by atomic mass is 10.1. The topological polar surface area (TPSA) is 70.7 Å². The third kappa shape index (κ3) is 4.59. The number of hydrogen-bond acceptors (Lipinski definition) is 3. The third-order valence-corrected chi connectivity index (χ3v) is 4.48. The van der Waals surface area contributed by atoms with Crippen molar-refractivity contribution in [1.29, 1.82) is 0 Å². The van der Waals surface area contributed by atoms with Crippen molar-refractivity contribution in [2.24, 2.45) is 0 Å². The molecule has 3 rings (SSSR count). The average molecular weight is 394 g/mol. The predicted octanol–water partition coefficient (Wildman–Crippen LogP) is 4.31. The summed E-state index contributed by atoms with van der Waals surface area (Å²) in [5, 5.41) is 6.67. The Labute approximate surface area is 161 Å². The number of benzene rings is 2. The Hall–Kier alpha value is -2.44. The second kappa shape index (κ2) is 8.29. The lowest BCUT2D eigenvalue weighted by Crippen LogP contribution is -2.30. The maximum atomic E-state index is 12.0. The zero-order valence-electron chi connectivity index (χ0n) is 13.8. The molecule has 0 saturated carbocycles.